The van der Waals surface area contributed by atoms with Gasteiger partial charge in [0.15, 0.2) is 5.82 Å². The monoisotopic (exact) mass is 348 g/mol. The second kappa shape index (κ2) is 7.05. The molecule has 0 radical (unpaired) electrons. The Morgan fingerprint density at radius 3 is 3.04 bits per heavy atom. The largest absolute Gasteiger partial charge is 0.340 e. The molecule has 0 bridgehead atoms. The van der Waals surface area contributed by atoms with Crippen LogP contribution in [0.15, 0.2) is 48.9 Å². The number of fused-ring (bicyclic) bond motifs is 1. The number of hydrogen-bond donors (Lipinski definition) is 2. The highest BCUT2D eigenvalue weighted by Crippen LogP contribution is 2.23. The molecule has 26 heavy (non-hydrogen) atoms. The summed E-state index contributed by atoms with van der Waals surface area (Å²) in [6.07, 6.45) is 3.25. The standard InChI is InChI=1S/C19H20N6O/c1-13-4-2-5-14(10-13)24-19(26)16-11-20-8-9-25(16)18-17-15(22-12-23-18)6-3-7-21-17/h2-7,10,12,16,20H,8-9,11H2,1H3,(H,24,26). The molecule has 1 saturated heterocycles. The van der Waals surface area contributed by atoms with Gasteiger partial charge in [0.2, 0.25) is 5.91 Å². The first-order valence-electron chi connectivity index (χ1n) is 8.63. The maximum absolute atomic E-state index is 12.9. The van der Waals surface area contributed by atoms with Gasteiger partial charge in [-0.15, -0.1) is 0 Å². The summed E-state index contributed by atoms with van der Waals surface area (Å²) in [4.78, 5) is 28.1. The highest BCUT2D eigenvalue weighted by Gasteiger charge is 2.31. The topological polar surface area (TPSA) is 83.0 Å². The number of aromatic nitrogens is 3. The smallest absolute Gasteiger partial charge is 0.248 e. The zero-order chi connectivity index (χ0) is 17.9. The molecule has 1 aliphatic heterocycles. The first-order chi connectivity index (χ1) is 12.7. The maximum Gasteiger partial charge on any atom is 0.248 e. The summed E-state index contributed by atoms with van der Waals surface area (Å²) in [7, 11) is 0. The van der Waals surface area contributed by atoms with Gasteiger partial charge in [-0.2, -0.15) is 0 Å². The van der Waals surface area contributed by atoms with E-state index in [9.17, 15) is 4.79 Å². The Hall–Kier alpha value is -3.06. The van der Waals surface area contributed by atoms with Gasteiger partial charge in [0.05, 0.1) is 5.52 Å². The van der Waals surface area contributed by atoms with Crippen molar-refractivity contribution >= 4 is 28.4 Å². The van der Waals surface area contributed by atoms with Crippen molar-refractivity contribution in [3.63, 3.8) is 0 Å². The molecule has 4 rings (SSSR count). The normalized spacial score (nSPS) is 17.3. The predicted octanol–water partition coefficient (Wildman–Crippen LogP) is 1.75. The third kappa shape index (κ3) is 3.21. The van der Waals surface area contributed by atoms with Crippen LogP contribution in [-0.4, -0.2) is 46.5 Å². The molecule has 0 aliphatic carbocycles. The van der Waals surface area contributed by atoms with E-state index in [0.717, 1.165) is 23.3 Å². The molecular weight excluding hydrogens is 328 g/mol. The predicted molar refractivity (Wildman–Crippen MR) is 101 cm³/mol. The summed E-state index contributed by atoms with van der Waals surface area (Å²) in [6, 6.07) is 11.2. The van der Waals surface area contributed by atoms with Crippen LogP contribution in [0.5, 0.6) is 0 Å². The van der Waals surface area contributed by atoms with E-state index in [2.05, 4.69) is 25.6 Å². The van der Waals surface area contributed by atoms with Gasteiger partial charge in [-0.05, 0) is 36.8 Å². The van der Waals surface area contributed by atoms with Gasteiger partial charge < -0.3 is 15.5 Å². The highest BCUT2D eigenvalue weighted by atomic mass is 16.2. The molecule has 132 valence electrons. The number of anilines is 2. The highest BCUT2D eigenvalue weighted by molar-refractivity contribution is 5.98. The molecular formula is C19H20N6O. The minimum absolute atomic E-state index is 0.0644. The van der Waals surface area contributed by atoms with Crippen LogP contribution in [0.25, 0.3) is 11.0 Å². The minimum atomic E-state index is -0.371. The number of nitrogens with one attached hydrogen (secondary N) is 2. The van der Waals surface area contributed by atoms with Gasteiger partial charge in [-0.25, -0.2) is 9.97 Å². The molecule has 0 saturated carbocycles. The number of rotatable bonds is 3. The molecule has 3 heterocycles. The number of pyridine rings is 1. The van der Waals surface area contributed by atoms with Crippen LogP contribution < -0.4 is 15.5 Å². The van der Waals surface area contributed by atoms with Crippen molar-refractivity contribution in [3.8, 4) is 0 Å². The molecule has 1 aromatic carbocycles. The van der Waals surface area contributed by atoms with Crippen molar-refractivity contribution < 1.29 is 4.79 Å². The van der Waals surface area contributed by atoms with Crippen molar-refractivity contribution in [2.45, 2.75) is 13.0 Å². The van der Waals surface area contributed by atoms with E-state index in [0.29, 0.717) is 24.4 Å². The fourth-order valence-corrected chi connectivity index (χ4v) is 3.23. The van der Waals surface area contributed by atoms with Crippen LogP contribution in [0.3, 0.4) is 0 Å². The molecule has 1 atom stereocenters. The van der Waals surface area contributed by atoms with Gasteiger partial charge in [0.25, 0.3) is 0 Å². The number of hydrogen-bond acceptors (Lipinski definition) is 6. The van der Waals surface area contributed by atoms with Crippen molar-refractivity contribution in [1.29, 1.82) is 0 Å². The molecule has 3 aromatic rings. The van der Waals surface area contributed by atoms with Gasteiger partial charge in [0, 0.05) is 31.5 Å². The Bertz CT molecular complexity index is 939. The van der Waals surface area contributed by atoms with E-state index in [4.69, 9.17) is 0 Å². The molecule has 2 N–H and O–H groups in total. The Kier molecular flexibility index (Phi) is 4.45. The second-order valence-corrected chi connectivity index (χ2v) is 6.34. The SMILES string of the molecule is Cc1cccc(NC(=O)C2CNCCN2c2ncnc3cccnc23)c1. The zero-order valence-electron chi connectivity index (χ0n) is 14.5. The van der Waals surface area contributed by atoms with E-state index in [-0.39, 0.29) is 11.9 Å². The number of piperazine rings is 1. The Balaban J connectivity index is 1.65. The van der Waals surface area contributed by atoms with E-state index in [1.54, 1.807) is 6.20 Å². The maximum atomic E-state index is 12.9. The van der Waals surface area contributed by atoms with Crippen LogP contribution in [0.2, 0.25) is 0 Å². The number of amides is 1. The number of carbonyl (C=O) groups excluding carboxylic acids is 1. The fourth-order valence-electron chi connectivity index (χ4n) is 3.23. The number of aryl methyl sites for hydroxylation is 1. The Morgan fingerprint density at radius 1 is 1.23 bits per heavy atom. The average Bonchev–Trinajstić information content (AvgIpc) is 2.67. The van der Waals surface area contributed by atoms with Gasteiger partial charge >= 0.3 is 0 Å². The number of carbonyl (C=O) groups is 1. The van der Waals surface area contributed by atoms with Crippen LogP contribution in [0.4, 0.5) is 11.5 Å². The molecule has 1 amide bonds. The first-order valence-corrected chi connectivity index (χ1v) is 8.63. The molecule has 2 aromatic heterocycles. The molecule has 0 spiro atoms. The van der Waals surface area contributed by atoms with E-state index >= 15 is 0 Å². The summed E-state index contributed by atoms with van der Waals surface area (Å²) in [5.74, 6) is 0.631. The molecule has 1 aliphatic rings. The summed E-state index contributed by atoms with van der Waals surface area (Å²) in [5.41, 5.74) is 3.39. The lowest BCUT2D eigenvalue weighted by Gasteiger charge is -2.36. The third-order valence-electron chi connectivity index (χ3n) is 4.48. The van der Waals surface area contributed by atoms with E-state index in [1.807, 2.05) is 48.2 Å². The van der Waals surface area contributed by atoms with Crippen molar-refractivity contribution in [1.82, 2.24) is 20.3 Å². The molecule has 1 fully saturated rings. The van der Waals surface area contributed by atoms with Crippen molar-refractivity contribution in [2.75, 3.05) is 29.9 Å². The molecule has 1 unspecified atom stereocenters. The van der Waals surface area contributed by atoms with Crippen LogP contribution in [0.1, 0.15) is 5.56 Å². The lowest BCUT2D eigenvalue weighted by atomic mass is 10.1. The average molecular weight is 348 g/mol. The number of benzene rings is 1. The lowest BCUT2D eigenvalue weighted by Crippen LogP contribution is -2.57. The van der Waals surface area contributed by atoms with Gasteiger partial charge in [-0.1, -0.05) is 12.1 Å². The van der Waals surface area contributed by atoms with Gasteiger partial charge in [0.1, 0.15) is 17.9 Å². The van der Waals surface area contributed by atoms with Crippen LogP contribution in [-0.2, 0) is 4.79 Å². The summed E-state index contributed by atoms with van der Waals surface area (Å²) in [5, 5.41) is 6.31. The Morgan fingerprint density at radius 2 is 2.15 bits per heavy atom. The van der Waals surface area contributed by atoms with Crippen molar-refractivity contribution in [2.24, 2.45) is 0 Å². The summed E-state index contributed by atoms with van der Waals surface area (Å²) < 4.78 is 0. The molecule has 7 heteroatoms. The quantitative estimate of drug-likeness (QED) is 0.750. The molecule has 7 nitrogen and oxygen atoms in total. The van der Waals surface area contributed by atoms with Gasteiger partial charge in [-0.3, -0.25) is 9.78 Å². The van der Waals surface area contributed by atoms with Crippen LogP contribution in [0, 0.1) is 6.92 Å². The third-order valence-corrected chi connectivity index (χ3v) is 4.48. The summed E-state index contributed by atoms with van der Waals surface area (Å²) >= 11 is 0. The first kappa shape index (κ1) is 16.4. The lowest BCUT2D eigenvalue weighted by molar-refractivity contribution is -0.117. The summed E-state index contributed by atoms with van der Waals surface area (Å²) in [6.45, 7) is 4.01. The van der Waals surface area contributed by atoms with E-state index < -0.39 is 0 Å². The van der Waals surface area contributed by atoms with Crippen molar-refractivity contribution in [3.05, 3.63) is 54.5 Å². The zero-order valence-corrected chi connectivity index (χ0v) is 14.5. The minimum Gasteiger partial charge on any atom is -0.340 e. The second-order valence-electron chi connectivity index (χ2n) is 6.34. The van der Waals surface area contributed by atoms with Crippen LogP contribution >= 0.6 is 0 Å². The Labute approximate surface area is 151 Å². The number of nitrogens with zero attached hydrogens (tertiary/aromatic N) is 4. The van der Waals surface area contributed by atoms with E-state index in [1.165, 1.54) is 6.33 Å². The fraction of sp³-hybridized carbons (Fsp3) is 0.263.